The van der Waals surface area contributed by atoms with Gasteiger partial charge in [0.05, 0.1) is 10.6 Å². The topological polar surface area (TPSA) is 75.4 Å². The van der Waals surface area contributed by atoms with Gasteiger partial charge in [-0.1, -0.05) is 17.3 Å². The molecule has 0 spiro atoms. The standard InChI is InChI=1S/C22H26FN3O3S/c1-16-4-2-5-19(14-16)30(27,28)25-18-9-12-26(13-10-18)11-3-6-21-20-8-7-17(23)15-22(20)29-24-21/h2,4-5,7-8,14-15,18,25H,3,6,9-13H2,1H3. The smallest absolute Gasteiger partial charge is 0.240 e. The van der Waals surface area contributed by atoms with Gasteiger partial charge in [-0.15, -0.1) is 0 Å². The molecule has 2 aromatic carbocycles. The predicted molar refractivity (Wildman–Crippen MR) is 113 cm³/mol. The molecular formula is C22H26FN3O3S. The average molecular weight is 432 g/mol. The molecule has 0 atom stereocenters. The molecule has 1 saturated heterocycles. The Morgan fingerprint density at radius 1 is 1.20 bits per heavy atom. The van der Waals surface area contributed by atoms with Gasteiger partial charge >= 0.3 is 0 Å². The van der Waals surface area contributed by atoms with E-state index in [1.165, 1.54) is 12.1 Å². The molecule has 1 aliphatic rings. The fraction of sp³-hybridized carbons (Fsp3) is 0.409. The van der Waals surface area contributed by atoms with Gasteiger partial charge < -0.3 is 9.42 Å². The number of aryl methyl sites for hydroxylation is 2. The van der Waals surface area contributed by atoms with Crippen LogP contribution < -0.4 is 4.72 Å². The number of hydrogen-bond acceptors (Lipinski definition) is 5. The highest BCUT2D eigenvalue weighted by Crippen LogP contribution is 2.21. The number of piperidine rings is 1. The van der Waals surface area contributed by atoms with Crippen molar-refractivity contribution < 1.29 is 17.3 Å². The maximum atomic E-state index is 13.3. The number of nitrogens with zero attached hydrogens (tertiary/aromatic N) is 2. The number of rotatable bonds is 7. The van der Waals surface area contributed by atoms with Crippen molar-refractivity contribution in [3.8, 4) is 0 Å². The van der Waals surface area contributed by atoms with Crippen LogP contribution in [0.5, 0.6) is 0 Å². The summed E-state index contributed by atoms with van der Waals surface area (Å²) in [4.78, 5) is 2.67. The van der Waals surface area contributed by atoms with Crippen LogP contribution in [0.2, 0.25) is 0 Å². The summed E-state index contributed by atoms with van der Waals surface area (Å²) in [5.41, 5.74) is 2.26. The van der Waals surface area contributed by atoms with E-state index in [1.807, 2.05) is 13.0 Å². The fourth-order valence-corrected chi connectivity index (χ4v) is 5.37. The third kappa shape index (κ3) is 4.88. The highest BCUT2D eigenvalue weighted by atomic mass is 32.2. The first-order valence-corrected chi connectivity index (χ1v) is 11.7. The van der Waals surface area contributed by atoms with Crippen molar-refractivity contribution in [2.24, 2.45) is 0 Å². The largest absolute Gasteiger partial charge is 0.356 e. The van der Waals surface area contributed by atoms with Crippen LogP contribution in [0.15, 0.2) is 51.9 Å². The van der Waals surface area contributed by atoms with E-state index in [0.29, 0.717) is 10.5 Å². The number of aromatic nitrogens is 1. The molecule has 4 rings (SSSR count). The van der Waals surface area contributed by atoms with Crippen LogP contribution in [0.4, 0.5) is 4.39 Å². The first-order chi connectivity index (χ1) is 14.4. The van der Waals surface area contributed by atoms with Crippen LogP contribution in [0.1, 0.15) is 30.5 Å². The van der Waals surface area contributed by atoms with E-state index in [-0.39, 0.29) is 11.9 Å². The number of likely N-dealkylation sites (tertiary alicyclic amines) is 1. The van der Waals surface area contributed by atoms with Crippen LogP contribution in [0, 0.1) is 12.7 Å². The lowest BCUT2D eigenvalue weighted by molar-refractivity contribution is 0.205. The summed E-state index contributed by atoms with van der Waals surface area (Å²) in [6, 6.07) is 11.4. The van der Waals surface area contributed by atoms with E-state index in [9.17, 15) is 12.8 Å². The zero-order valence-electron chi connectivity index (χ0n) is 17.0. The van der Waals surface area contributed by atoms with Crippen molar-refractivity contribution in [1.82, 2.24) is 14.8 Å². The molecule has 30 heavy (non-hydrogen) atoms. The Bertz CT molecular complexity index is 1120. The molecule has 1 fully saturated rings. The molecule has 1 N–H and O–H groups in total. The second-order valence-corrected chi connectivity index (χ2v) is 9.64. The Kier molecular flexibility index (Phi) is 6.17. The van der Waals surface area contributed by atoms with E-state index in [1.54, 1.807) is 24.3 Å². The van der Waals surface area contributed by atoms with Crippen LogP contribution in [0.25, 0.3) is 11.0 Å². The van der Waals surface area contributed by atoms with Gasteiger partial charge in [0.2, 0.25) is 10.0 Å². The van der Waals surface area contributed by atoms with E-state index in [2.05, 4.69) is 14.8 Å². The van der Waals surface area contributed by atoms with Crippen molar-refractivity contribution in [2.75, 3.05) is 19.6 Å². The number of hydrogen-bond donors (Lipinski definition) is 1. The summed E-state index contributed by atoms with van der Waals surface area (Å²) < 4.78 is 46.5. The molecule has 0 unspecified atom stereocenters. The Morgan fingerprint density at radius 3 is 2.77 bits per heavy atom. The number of halogens is 1. The molecule has 160 valence electrons. The molecular weight excluding hydrogens is 405 g/mol. The molecule has 1 aliphatic heterocycles. The summed E-state index contributed by atoms with van der Waals surface area (Å²) in [5.74, 6) is -0.328. The van der Waals surface area contributed by atoms with Crippen LogP contribution in [0.3, 0.4) is 0 Å². The Balaban J connectivity index is 1.24. The van der Waals surface area contributed by atoms with Crippen molar-refractivity contribution in [3.63, 3.8) is 0 Å². The number of sulfonamides is 1. The second kappa shape index (κ2) is 8.83. The number of fused-ring (bicyclic) bond motifs is 1. The monoisotopic (exact) mass is 431 g/mol. The highest BCUT2D eigenvalue weighted by molar-refractivity contribution is 7.89. The normalized spacial score (nSPS) is 16.3. The van der Waals surface area contributed by atoms with E-state index >= 15 is 0 Å². The lowest BCUT2D eigenvalue weighted by atomic mass is 10.1. The third-order valence-electron chi connectivity index (χ3n) is 5.61. The summed E-state index contributed by atoms with van der Waals surface area (Å²) in [5, 5.41) is 4.93. The van der Waals surface area contributed by atoms with Crippen LogP contribution >= 0.6 is 0 Å². The van der Waals surface area contributed by atoms with Gasteiger partial charge in [0.15, 0.2) is 5.58 Å². The molecule has 6 nitrogen and oxygen atoms in total. The SMILES string of the molecule is Cc1cccc(S(=O)(=O)NC2CCN(CCCc3noc4cc(F)ccc34)CC2)c1. The first-order valence-electron chi connectivity index (χ1n) is 10.3. The third-order valence-corrected chi connectivity index (χ3v) is 7.12. The van der Waals surface area contributed by atoms with E-state index < -0.39 is 10.0 Å². The van der Waals surface area contributed by atoms with Crippen molar-refractivity contribution in [2.45, 2.75) is 43.5 Å². The van der Waals surface area contributed by atoms with Gasteiger partial charge in [-0.3, -0.25) is 0 Å². The van der Waals surface area contributed by atoms with Gasteiger partial charge in [0.1, 0.15) is 5.82 Å². The molecule has 0 amide bonds. The van der Waals surface area contributed by atoms with Crippen LogP contribution in [-0.4, -0.2) is 44.2 Å². The Hall–Kier alpha value is -2.29. The molecule has 0 aliphatic carbocycles. The molecule has 0 bridgehead atoms. The summed E-state index contributed by atoms with van der Waals surface area (Å²) in [6.45, 7) is 4.50. The average Bonchev–Trinajstić information content (AvgIpc) is 3.11. The maximum Gasteiger partial charge on any atom is 0.240 e. The Labute approximate surface area is 176 Å². The molecule has 8 heteroatoms. The highest BCUT2D eigenvalue weighted by Gasteiger charge is 2.24. The lowest BCUT2D eigenvalue weighted by Crippen LogP contribution is -2.44. The van der Waals surface area contributed by atoms with E-state index in [4.69, 9.17) is 4.52 Å². The minimum absolute atomic E-state index is 0.0406. The van der Waals surface area contributed by atoms with Crippen molar-refractivity contribution in [3.05, 3.63) is 59.5 Å². The zero-order chi connectivity index (χ0) is 21.1. The van der Waals surface area contributed by atoms with Gasteiger partial charge in [-0.25, -0.2) is 17.5 Å². The molecule has 1 aromatic heterocycles. The molecule has 0 saturated carbocycles. The summed E-state index contributed by atoms with van der Waals surface area (Å²) in [7, 11) is -3.48. The lowest BCUT2D eigenvalue weighted by Gasteiger charge is -2.32. The van der Waals surface area contributed by atoms with Gasteiger partial charge in [0, 0.05) is 17.5 Å². The predicted octanol–water partition coefficient (Wildman–Crippen LogP) is 3.65. The quantitative estimate of drug-likeness (QED) is 0.618. The van der Waals surface area contributed by atoms with Gasteiger partial charge in [-0.2, -0.15) is 0 Å². The van der Waals surface area contributed by atoms with Crippen molar-refractivity contribution >= 4 is 21.0 Å². The Morgan fingerprint density at radius 2 is 2.00 bits per heavy atom. The first kappa shape index (κ1) is 21.0. The number of benzene rings is 2. The van der Waals surface area contributed by atoms with Crippen LogP contribution in [-0.2, 0) is 16.4 Å². The second-order valence-electron chi connectivity index (χ2n) is 7.93. The van der Waals surface area contributed by atoms with E-state index in [0.717, 1.165) is 62.0 Å². The summed E-state index contributed by atoms with van der Waals surface area (Å²) >= 11 is 0. The maximum absolute atomic E-state index is 13.3. The van der Waals surface area contributed by atoms with Crippen molar-refractivity contribution in [1.29, 1.82) is 0 Å². The fourth-order valence-electron chi connectivity index (χ4n) is 3.96. The number of nitrogens with one attached hydrogen (secondary N) is 1. The zero-order valence-corrected chi connectivity index (χ0v) is 17.8. The minimum Gasteiger partial charge on any atom is -0.356 e. The van der Waals surface area contributed by atoms with Gasteiger partial charge in [0.25, 0.3) is 0 Å². The molecule has 2 heterocycles. The summed E-state index contributed by atoms with van der Waals surface area (Å²) in [6.07, 6.45) is 3.26. The minimum atomic E-state index is -3.48. The molecule has 3 aromatic rings. The molecule has 0 radical (unpaired) electrons. The van der Waals surface area contributed by atoms with Gasteiger partial charge in [-0.05, 0) is 82.1 Å².